The van der Waals surface area contributed by atoms with Crippen molar-refractivity contribution in [2.45, 2.75) is 360 Å². The number of unbranched alkanes of at least 4 members (excludes halogenated alkanes) is 37. The molecule has 1 fully saturated rings. The first-order valence-corrected chi connectivity index (χ1v) is 39.7. The van der Waals surface area contributed by atoms with Crippen LogP contribution in [0.25, 0.3) is 0 Å². The van der Waals surface area contributed by atoms with Crippen molar-refractivity contribution in [2.75, 3.05) is 96.6 Å². The minimum absolute atomic E-state index is 0.112. The lowest BCUT2D eigenvalue weighted by molar-refractivity contribution is -0.144. The van der Waals surface area contributed by atoms with Gasteiger partial charge in [-0.1, -0.05) is 306 Å². The van der Waals surface area contributed by atoms with Gasteiger partial charge in [0.1, 0.15) is 6.61 Å². The van der Waals surface area contributed by atoms with E-state index in [2.05, 4.69) is 47.3 Å². The van der Waals surface area contributed by atoms with Gasteiger partial charge in [-0.25, -0.2) is 0 Å². The van der Waals surface area contributed by atoms with Crippen LogP contribution in [0.1, 0.15) is 336 Å². The molecule has 0 aromatic heterocycles. The number of nitrogens with zero attached hydrogens (tertiary/aromatic N) is 4. The molecule has 4 atom stereocenters. The number of aliphatic hydroxyl groups excluding tert-OH is 4. The van der Waals surface area contributed by atoms with E-state index in [9.17, 15) is 25.2 Å². The fraction of sp³-hybridized carbons (Fsp3) is 0.986. The average Bonchev–Trinajstić information content (AvgIpc) is 3.53. The number of aliphatic hydroxyl groups is 4. The van der Waals surface area contributed by atoms with E-state index in [0.29, 0.717) is 39.2 Å². The molecule has 4 N–H and O–H groups in total. The molecule has 0 spiro atoms. The maximum Gasteiger partial charge on any atom is 0.305 e. The topological polar surface area (TPSA) is 120 Å². The molecule has 1 saturated heterocycles. The maximum absolute atomic E-state index is 12.8. The van der Waals surface area contributed by atoms with E-state index in [1.165, 1.54) is 231 Å². The Kier molecular flexibility index (Phi) is 62.7. The quantitative estimate of drug-likeness (QED) is 0.0264. The third kappa shape index (κ3) is 57.0. The average molecular weight is 1230 g/mol. The van der Waals surface area contributed by atoms with Crippen LogP contribution in [0.15, 0.2) is 0 Å². The minimum Gasteiger partial charge on any atom is -0.464 e. The molecule has 0 aromatic rings. The van der Waals surface area contributed by atoms with Gasteiger partial charge in [-0.2, -0.15) is 0 Å². The summed E-state index contributed by atoms with van der Waals surface area (Å²) in [6.45, 7) is 19.8. The number of piperazine rings is 1. The van der Waals surface area contributed by atoms with E-state index in [1.807, 2.05) is 21.6 Å². The fourth-order valence-electron chi connectivity index (χ4n) is 12.4. The molecule has 0 aliphatic carbocycles. The first-order chi connectivity index (χ1) is 41.2. The lowest BCUT2D eigenvalue weighted by Crippen LogP contribution is -2.47. The molecule has 0 bridgehead atoms. The maximum atomic E-state index is 12.8. The zero-order chi connectivity index (χ0) is 60.9. The standard InChI is InChI=1S/C72H146N4O6S2/c1-5-9-13-17-21-25-29-33-37-41-48-68(77)64-75(65-69(78)49-42-38-34-30-26-22-18-14-10-6-2)53-46-45-52-72(81)82-61-59-73-55-57-74(58-56-73)60-63-84-83-62-47-54-76(66-70(79)50-43-39-35-31-27-23-19-15-11-7-3)67-71(80)51-44-40-36-32-28-24-20-16-12-8-4/h68-71,77-80H,5-67H2,1-4H3. The summed E-state index contributed by atoms with van der Waals surface area (Å²) in [6.07, 6.45) is 57.2. The lowest BCUT2D eigenvalue weighted by atomic mass is 10.0. The normalized spacial score (nSPS) is 15.0. The molecular formula is C72H146N4O6S2. The van der Waals surface area contributed by atoms with Crippen molar-refractivity contribution in [2.24, 2.45) is 0 Å². The van der Waals surface area contributed by atoms with Crippen LogP contribution in [-0.4, -0.2) is 167 Å². The number of carbonyl (C=O) groups excluding carboxylic acids is 1. The summed E-state index contributed by atoms with van der Waals surface area (Å²) in [4.78, 5) is 22.5. The molecule has 1 heterocycles. The minimum atomic E-state index is -0.377. The molecule has 84 heavy (non-hydrogen) atoms. The van der Waals surface area contributed by atoms with Crippen molar-refractivity contribution < 1.29 is 30.0 Å². The van der Waals surface area contributed by atoms with Gasteiger partial charge in [0, 0.05) is 83.4 Å². The molecule has 1 aliphatic rings. The Morgan fingerprint density at radius 2 is 0.631 bits per heavy atom. The van der Waals surface area contributed by atoms with Gasteiger partial charge in [0.15, 0.2) is 0 Å². The molecule has 0 amide bonds. The largest absolute Gasteiger partial charge is 0.464 e. The highest BCUT2D eigenvalue weighted by atomic mass is 33.1. The number of hydrogen-bond donors (Lipinski definition) is 4. The van der Waals surface area contributed by atoms with Crippen LogP contribution in [-0.2, 0) is 9.53 Å². The summed E-state index contributed by atoms with van der Waals surface area (Å²) in [6, 6.07) is 0. The Bertz CT molecular complexity index is 1260. The number of ether oxygens (including phenoxy) is 1. The number of esters is 1. The number of carbonyl (C=O) groups is 1. The van der Waals surface area contributed by atoms with Gasteiger partial charge in [0.25, 0.3) is 0 Å². The molecule has 1 aliphatic heterocycles. The molecule has 0 radical (unpaired) electrons. The van der Waals surface area contributed by atoms with Crippen LogP contribution in [0.3, 0.4) is 0 Å². The summed E-state index contributed by atoms with van der Waals surface area (Å²) < 4.78 is 5.73. The second kappa shape index (κ2) is 64.4. The van der Waals surface area contributed by atoms with Gasteiger partial charge in [0.2, 0.25) is 0 Å². The highest BCUT2D eigenvalue weighted by molar-refractivity contribution is 8.76. The molecule has 0 saturated carbocycles. The Hall–Kier alpha value is -0.150. The van der Waals surface area contributed by atoms with E-state index >= 15 is 0 Å². The van der Waals surface area contributed by atoms with E-state index in [-0.39, 0.29) is 30.4 Å². The second-order valence-electron chi connectivity index (χ2n) is 26.4. The van der Waals surface area contributed by atoms with E-state index in [1.54, 1.807) is 0 Å². The van der Waals surface area contributed by atoms with Crippen molar-refractivity contribution in [3.8, 4) is 0 Å². The van der Waals surface area contributed by atoms with Gasteiger partial charge >= 0.3 is 5.97 Å². The first kappa shape index (κ1) is 81.9. The highest BCUT2D eigenvalue weighted by Gasteiger charge is 2.20. The molecular weight excluding hydrogens is 1080 g/mol. The third-order valence-corrected chi connectivity index (χ3v) is 20.4. The fourth-order valence-corrected chi connectivity index (χ4v) is 14.5. The zero-order valence-electron chi connectivity index (χ0n) is 56.6. The van der Waals surface area contributed by atoms with Crippen molar-refractivity contribution in [1.82, 2.24) is 19.6 Å². The van der Waals surface area contributed by atoms with Crippen LogP contribution in [0.2, 0.25) is 0 Å². The Balaban J connectivity index is 2.37. The van der Waals surface area contributed by atoms with Gasteiger partial charge < -0.3 is 25.2 Å². The predicted octanol–water partition coefficient (Wildman–Crippen LogP) is 18.4. The number of rotatable bonds is 68. The van der Waals surface area contributed by atoms with E-state index < -0.39 is 0 Å². The molecule has 12 heteroatoms. The van der Waals surface area contributed by atoms with Crippen molar-refractivity contribution in [1.29, 1.82) is 0 Å². The van der Waals surface area contributed by atoms with E-state index in [4.69, 9.17) is 4.74 Å². The van der Waals surface area contributed by atoms with Crippen LogP contribution in [0.4, 0.5) is 0 Å². The molecule has 502 valence electrons. The van der Waals surface area contributed by atoms with Crippen LogP contribution in [0.5, 0.6) is 0 Å². The predicted molar refractivity (Wildman–Crippen MR) is 370 cm³/mol. The van der Waals surface area contributed by atoms with Crippen LogP contribution >= 0.6 is 21.6 Å². The summed E-state index contributed by atoms with van der Waals surface area (Å²) in [5, 5.41) is 44.4. The van der Waals surface area contributed by atoms with Gasteiger partial charge in [-0.05, 0) is 58.0 Å². The summed E-state index contributed by atoms with van der Waals surface area (Å²) >= 11 is 0. The van der Waals surface area contributed by atoms with Gasteiger partial charge in [-0.3, -0.25) is 24.4 Å². The Labute approximate surface area is 531 Å². The summed E-state index contributed by atoms with van der Waals surface area (Å²) in [5.41, 5.74) is 0. The van der Waals surface area contributed by atoms with Gasteiger partial charge in [0.05, 0.1) is 24.4 Å². The van der Waals surface area contributed by atoms with Gasteiger partial charge in [-0.15, -0.1) is 0 Å². The van der Waals surface area contributed by atoms with E-state index in [0.717, 1.165) is 134 Å². The molecule has 0 aromatic carbocycles. The van der Waals surface area contributed by atoms with Crippen molar-refractivity contribution >= 4 is 27.6 Å². The molecule has 1 rings (SSSR count). The molecule has 4 unspecified atom stereocenters. The Morgan fingerprint density at radius 3 is 0.952 bits per heavy atom. The monoisotopic (exact) mass is 1230 g/mol. The highest BCUT2D eigenvalue weighted by Crippen LogP contribution is 2.23. The summed E-state index contributed by atoms with van der Waals surface area (Å²) in [7, 11) is 3.96. The smallest absolute Gasteiger partial charge is 0.305 e. The van der Waals surface area contributed by atoms with Crippen LogP contribution < -0.4 is 0 Å². The summed E-state index contributed by atoms with van der Waals surface area (Å²) in [5.74, 6) is 2.08. The lowest BCUT2D eigenvalue weighted by Gasteiger charge is -2.34. The zero-order valence-corrected chi connectivity index (χ0v) is 58.2. The van der Waals surface area contributed by atoms with Crippen LogP contribution in [0, 0.1) is 0 Å². The number of hydrogen-bond acceptors (Lipinski definition) is 12. The first-order valence-electron chi connectivity index (χ1n) is 37.2. The SMILES string of the molecule is CCCCCCCCCCCCC(O)CN(CCCCC(=O)OCCN1CCN(CCSSCCCN(CC(O)CCCCCCCCCCCC)CC(O)CCCCCCCCCCCC)CC1)CC(O)CCCCCCCCCCCC. The Morgan fingerprint density at radius 1 is 0.357 bits per heavy atom. The second-order valence-corrected chi connectivity index (χ2v) is 29.1. The van der Waals surface area contributed by atoms with Crippen molar-refractivity contribution in [3.63, 3.8) is 0 Å². The van der Waals surface area contributed by atoms with Crippen molar-refractivity contribution in [3.05, 3.63) is 0 Å². The molecule has 10 nitrogen and oxygen atoms in total. The third-order valence-electron chi connectivity index (χ3n) is 18.0.